The molecular weight excluding hydrogens is 300 g/mol. The summed E-state index contributed by atoms with van der Waals surface area (Å²) in [5.74, 6) is 0.116. The largest absolute Gasteiger partial charge is 0.336 e. The molecule has 1 rings (SSSR count). The zero-order chi connectivity index (χ0) is 16.4. The van der Waals surface area contributed by atoms with Gasteiger partial charge in [0.15, 0.2) is 0 Å². The summed E-state index contributed by atoms with van der Waals surface area (Å²) >= 11 is 0. The van der Waals surface area contributed by atoms with Crippen molar-refractivity contribution in [2.75, 3.05) is 19.3 Å². The highest BCUT2D eigenvalue weighted by Crippen LogP contribution is 2.19. The molecule has 0 spiro atoms. The fourth-order valence-corrected chi connectivity index (χ4v) is 3.62. The highest BCUT2D eigenvalue weighted by atomic mass is 32.2. The first-order valence-electron chi connectivity index (χ1n) is 8.57. The van der Waals surface area contributed by atoms with E-state index in [9.17, 15) is 8.42 Å². The molecule has 0 saturated carbocycles. The van der Waals surface area contributed by atoms with Crippen molar-refractivity contribution in [3.63, 3.8) is 0 Å². The normalized spacial score (nSPS) is 18.4. The summed E-state index contributed by atoms with van der Waals surface area (Å²) in [7, 11) is -1.63. The second kappa shape index (κ2) is 10.1. The second-order valence-corrected chi connectivity index (χ2v) is 7.72. The summed E-state index contributed by atoms with van der Waals surface area (Å²) in [6.45, 7) is 5.11. The summed E-state index contributed by atoms with van der Waals surface area (Å²) in [6.07, 6.45) is 11.7. The van der Waals surface area contributed by atoms with Crippen LogP contribution in [0.15, 0.2) is 12.4 Å². The Labute approximate surface area is 136 Å². The van der Waals surface area contributed by atoms with Gasteiger partial charge in [-0.1, -0.05) is 52.4 Å². The number of rotatable bonds is 12. The third-order valence-electron chi connectivity index (χ3n) is 3.88. The van der Waals surface area contributed by atoms with Crippen molar-refractivity contribution < 1.29 is 12.6 Å². The molecule has 1 aliphatic rings. The van der Waals surface area contributed by atoms with Crippen LogP contribution in [0.3, 0.4) is 0 Å². The minimum atomic E-state index is -3.47. The van der Waals surface area contributed by atoms with Gasteiger partial charge in [0.2, 0.25) is 6.35 Å². The standard InChI is InChI=1S/C16H32N2O3S/c1-4-6-8-9-10-11-15-22(19,20)21-16-17(3)13-14-18(16)12-7-5-2/h13-14,16H,4-12,15H2,1-3H3. The molecule has 5 nitrogen and oxygen atoms in total. The third-order valence-corrected chi connectivity index (χ3v) is 5.13. The Kier molecular flexibility index (Phi) is 8.86. The minimum Gasteiger partial charge on any atom is -0.336 e. The Morgan fingerprint density at radius 2 is 1.59 bits per heavy atom. The summed E-state index contributed by atoms with van der Waals surface area (Å²) in [5, 5.41) is 0. The minimum absolute atomic E-state index is 0.116. The lowest BCUT2D eigenvalue weighted by atomic mass is 10.1. The highest BCUT2D eigenvalue weighted by Gasteiger charge is 2.29. The van der Waals surface area contributed by atoms with Crippen molar-refractivity contribution in [1.82, 2.24) is 9.80 Å². The molecule has 1 atom stereocenters. The van der Waals surface area contributed by atoms with E-state index in [0.29, 0.717) is 6.42 Å². The van der Waals surface area contributed by atoms with Gasteiger partial charge in [-0.05, 0) is 12.8 Å². The molecule has 0 aliphatic carbocycles. The van der Waals surface area contributed by atoms with Gasteiger partial charge in [0.25, 0.3) is 10.1 Å². The fraction of sp³-hybridized carbons (Fsp3) is 0.875. The molecule has 130 valence electrons. The molecule has 0 radical (unpaired) electrons. The first-order valence-corrected chi connectivity index (χ1v) is 10.1. The van der Waals surface area contributed by atoms with Gasteiger partial charge in [-0.25, -0.2) is 4.18 Å². The maximum atomic E-state index is 12.1. The Balaban J connectivity index is 2.35. The smallest absolute Gasteiger partial charge is 0.270 e. The molecule has 0 aromatic carbocycles. The fourth-order valence-electron chi connectivity index (χ4n) is 2.46. The molecule has 1 aliphatic heterocycles. The van der Waals surface area contributed by atoms with E-state index in [1.807, 2.05) is 24.3 Å². The topological polar surface area (TPSA) is 49.9 Å². The zero-order valence-electron chi connectivity index (χ0n) is 14.3. The molecule has 1 heterocycles. The summed E-state index contributed by atoms with van der Waals surface area (Å²) in [4.78, 5) is 3.75. The zero-order valence-corrected chi connectivity index (χ0v) is 15.1. The van der Waals surface area contributed by atoms with Crippen LogP contribution in [-0.2, 0) is 14.3 Å². The number of hydrogen-bond acceptors (Lipinski definition) is 5. The third kappa shape index (κ3) is 7.01. The summed E-state index contributed by atoms with van der Waals surface area (Å²) < 4.78 is 29.7. The average Bonchev–Trinajstić information content (AvgIpc) is 2.81. The predicted octanol–water partition coefficient (Wildman–Crippen LogP) is 3.50. The molecule has 0 aromatic rings. The predicted molar refractivity (Wildman–Crippen MR) is 90.6 cm³/mol. The van der Waals surface area contributed by atoms with Gasteiger partial charge in [-0.2, -0.15) is 8.42 Å². The van der Waals surface area contributed by atoms with Gasteiger partial charge in [0, 0.05) is 26.0 Å². The number of unbranched alkanes of at least 4 members (excludes halogenated alkanes) is 6. The van der Waals surface area contributed by atoms with Crippen LogP contribution >= 0.6 is 0 Å². The maximum absolute atomic E-state index is 12.1. The monoisotopic (exact) mass is 332 g/mol. The van der Waals surface area contributed by atoms with Crippen LogP contribution in [0, 0.1) is 0 Å². The van der Waals surface area contributed by atoms with Crippen molar-refractivity contribution in [2.45, 2.75) is 71.6 Å². The molecule has 0 amide bonds. The van der Waals surface area contributed by atoms with Crippen LogP contribution in [0.1, 0.15) is 65.2 Å². The van der Waals surface area contributed by atoms with E-state index in [1.54, 1.807) is 4.90 Å². The van der Waals surface area contributed by atoms with E-state index in [1.165, 1.54) is 19.3 Å². The first kappa shape index (κ1) is 19.3. The summed E-state index contributed by atoms with van der Waals surface area (Å²) in [5.41, 5.74) is 0. The molecule has 0 bridgehead atoms. The van der Waals surface area contributed by atoms with Crippen molar-refractivity contribution in [3.8, 4) is 0 Å². The molecule has 0 aromatic heterocycles. The van der Waals surface area contributed by atoms with Gasteiger partial charge in [-0.3, -0.25) is 0 Å². The van der Waals surface area contributed by atoms with Crippen molar-refractivity contribution in [3.05, 3.63) is 12.4 Å². The van der Waals surface area contributed by atoms with Crippen LogP contribution in [0.2, 0.25) is 0 Å². The Hall–Kier alpha value is -0.750. The molecule has 0 saturated heterocycles. The quantitative estimate of drug-likeness (QED) is 0.404. The first-order chi connectivity index (χ1) is 10.5. The Morgan fingerprint density at radius 1 is 0.955 bits per heavy atom. The van der Waals surface area contributed by atoms with Crippen molar-refractivity contribution in [2.24, 2.45) is 0 Å². The van der Waals surface area contributed by atoms with Crippen LogP contribution in [0.5, 0.6) is 0 Å². The molecule has 1 unspecified atom stereocenters. The average molecular weight is 333 g/mol. The van der Waals surface area contributed by atoms with Crippen LogP contribution in [0.4, 0.5) is 0 Å². The molecule has 22 heavy (non-hydrogen) atoms. The van der Waals surface area contributed by atoms with E-state index in [0.717, 1.165) is 32.2 Å². The molecular formula is C16H32N2O3S. The van der Waals surface area contributed by atoms with E-state index in [-0.39, 0.29) is 5.75 Å². The van der Waals surface area contributed by atoms with Crippen LogP contribution in [-0.4, -0.2) is 43.9 Å². The van der Waals surface area contributed by atoms with Gasteiger partial charge >= 0.3 is 0 Å². The summed E-state index contributed by atoms with van der Waals surface area (Å²) in [6, 6.07) is 0. The lowest BCUT2D eigenvalue weighted by molar-refractivity contribution is -0.00884. The Morgan fingerprint density at radius 3 is 2.27 bits per heavy atom. The van der Waals surface area contributed by atoms with Crippen molar-refractivity contribution in [1.29, 1.82) is 0 Å². The van der Waals surface area contributed by atoms with Gasteiger partial charge < -0.3 is 9.80 Å². The SMILES string of the molecule is CCCCCCCCS(=O)(=O)OC1N(C)C=CN1CCCC. The lowest BCUT2D eigenvalue weighted by Crippen LogP contribution is -2.41. The van der Waals surface area contributed by atoms with E-state index in [2.05, 4.69) is 13.8 Å². The van der Waals surface area contributed by atoms with Crippen molar-refractivity contribution >= 4 is 10.1 Å². The lowest BCUT2D eigenvalue weighted by Gasteiger charge is -2.29. The van der Waals surface area contributed by atoms with Crippen LogP contribution in [0.25, 0.3) is 0 Å². The molecule has 0 fully saturated rings. The number of nitrogens with zero attached hydrogens (tertiary/aromatic N) is 2. The molecule has 0 N–H and O–H groups in total. The van der Waals surface area contributed by atoms with E-state index >= 15 is 0 Å². The Bertz CT molecular complexity index is 423. The second-order valence-electron chi connectivity index (χ2n) is 6.01. The van der Waals surface area contributed by atoms with Gasteiger partial charge in [-0.15, -0.1) is 0 Å². The van der Waals surface area contributed by atoms with Gasteiger partial charge in [0.05, 0.1) is 5.75 Å². The molecule has 6 heteroatoms. The van der Waals surface area contributed by atoms with E-state index in [4.69, 9.17) is 4.18 Å². The van der Waals surface area contributed by atoms with Crippen LogP contribution < -0.4 is 0 Å². The maximum Gasteiger partial charge on any atom is 0.270 e. The van der Waals surface area contributed by atoms with E-state index < -0.39 is 16.5 Å². The number of hydrogen-bond donors (Lipinski definition) is 0. The van der Waals surface area contributed by atoms with Gasteiger partial charge in [0.1, 0.15) is 0 Å². The highest BCUT2D eigenvalue weighted by molar-refractivity contribution is 7.86.